The highest BCUT2D eigenvalue weighted by Gasteiger charge is 2.24. The lowest BCUT2D eigenvalue weighted by molar-refractivity contribution is 0.120. The van der Waals surface area contributed by atoms with E-state index in [1.54, 1.807) is 13.8 Å². The van der Waals surface area contributed by atoms with Crippen molar-refractivity contribution in [2.45, 2.75) is 26.7 Å². The fourth-order valence-corrected chi connectivity index (χ4v) is 2.84. The van der Waals surface area contributed by atoms with Crippen molar-refractivity contribution < 1.29 is 18.1 Å². The van der Waals surface area contributed by atoms with Crippen LogP contribution in [0.15, 0.2) is 24.3 Å². The zero-order valence-electron chi connectivity index (χ0n) is 11.5. The van der Waals surface area contributed by atoms with Crippen LogP contribution in [0.25, 0.3) is 0 Å². The molecule has 0 saturated heterocycles. The topological polar surface area (TPSA) is 70.8 Å². The molecule has 0 heterocycles. The van der Waals surface area contributed by atoms with Gasteiger partial charge in [-0.2, -0.15) is 0 Å². The molecule has 0 aliphatic carbocycles. The van der Waals surface area contributed by atoms with E-state index in [0.29, 0.717) is 19.8 Å². The fourth-order valence-electron chi connectivity index (χ4n) is 1.63. The smallest absolute Gasteiger partial charge is 0.399 e. The first kappa shape index (κ1) is 16.2. The highest BCUT2D eigenvalue weighted by Crippen LogP contribution is 2.49. The number of nitrogens with two attached hydrogens (primary N) is 1. The van der Waals surface area contributed by atoms with E-state index in [4.69, 9.17) is 19.3 Å². The molecule has 0 fully saturated rings. The molecule has 0 amide bonds. The molecule has 0 spiro atoms. The second-order valence-electron chi connectivity index (χ2n) is 3.96. The number of anilines is 1. The third-order valence-electron chi connectivity index (χ3n) is 2.38. The van der Waals surface area contributed by atoms with E-state index in [2.05, 4.69) is 0 Å². The van der Waals surface area contributed by atoms with Gasteiger partial charge in [0.1, 0.15) is 0 Å². The van der Waals surface area contributed by atoms with Gasteiger partial charge >= 0.3 is 7.82 Å². The van der Waals surface area contributed by atoms with Crippen molar-refractivity contribution in [3.63, 3.8) is 0 Å². The molecule has 1 rings (SSSR count). The summed E-state index contributed by atoms with van der Waals surface area (Å²) in [5, 5.41) is 0. The quantitative estimate of drug-likeness (QED) is 0.428. The predicted octanol–water partition coefficient (Wildman–Crippen LogP) is 3.40. The van der Waals surface area contributed by atoms with Gasteiger partial charge in [0.15, 0.2) is 0 Å². The molecule has 6 heteroatoms. The van der Waals surface area contributed by atoms with Crippen LogP contribution >= 0.6 is 7.82 Å². The Morgan fingerprint density at radius 2 is 1.84 bits per heavy atom. The Kier molecular flexibility index (Phi) is 7.10. The van der Waals surface area contributed by atoms with Gasteiger partial charge in [-0.25, -0.2) is 4.57 Å². The number of phosphoric ester groups is 1. The minimum atomic E-state index is -3.37. The molecule has 0 atom stereocenters. The van der Waals surface area contributed by atoms with Gasteiger partial charge in [0, 0.05) is 5.69 Å². The van der Waals surface area contributed by atoms with Crippen molar-refractivity contribution in [3.8, 4) is 0 Å². The van der Waals surface area contributed by atoms with Crippen molar-refractivity contribution in [3.05, 3.63) is 29.8 Å². The second-order valence-corrected chi connectivity index (χ2v) is 5.63. The van der Waals surface area contributed by atoms with Crippen molar-refractivity contribution in [1.29, 1.82) is 0 Å². The molecule has 0 bridgehead atoms. The van der Waals surface area contributed by atoms with Gasteiger partial charge < -0.3 is 5.73 Å². The maximum atomic E-state index is 12.0. The van der Waals surface area contributed by atoms with Gasteiger partial charge in [-0.1, -0.05) is 12.1 Å². The van der Waals surface area contributed by atoms with E-state index in [1.165, 1.54) is 0 Å². The van der Waals surface area contributed by atoms with E-state index < -0.39 is 7.82 Å². The summed E-state index contributed by atoms with van der Waals surface area (Å²) in [7, 11) is -3.37. The molecule has 0 aliphatic rings. The summed E-state index contributed by atoms with van der Waals surface area (Å²) in [6.07, 6.45) is 1.54. The molecule has 0 aromatic heterocycles. The van der Waals surface area contributed by atoms with E-state index in [1.807, 2.05) is 24.3 Å². The summed E-state index contributed by atoms with van der Waals surface area (Å²) in [5.74, 6) is 0. The average Bonchev–Trinajstić information content (AvgIpc) is 2.35. The number of aryl methyl sites for hydroxylation is 1. The summed E-state index contributed by atoms with van der Waals surface area (Å²) in [6.45, 7) is 4.43. The molecule has 0 unspecified atom stereocenters. The van der Waals surface area contributed by atoms with Crippen LogP contribution in [0.4, 0.5) is 5.69 Å². The van der Waals surface area contributed by atoms with Crippen LogP contribution in [0.5, 0.6) is 0 Å². The zero-order chi connectivity index (χ0) is 14.1. The lowest BCUT2D eigenvalue weighted by atomic mass is 10.1. The van der Waals surface area contributed by atoms with Crippen LogP contribution < -0.4 is 5.73 Å². The summed E-state index contributed by atoms with van der Waals surface area (Å²) < 4.78 is 27.3. The molecule has 108 valence electrons. The Morgan fingerprint density at radius 3 is 2.42 bits per heavy atom. The maximum absolute atomic E-state index is 12.0. The molecule has 19 heavy (non-hydrogen) atoms. The van der Waals surface area contributed by atoms with Gasteiger partial charge in [0.05, 0.1) is 19.8 Å². The van der Waals surface area contributed by atoms with Crippen molar-refractivity contribution >= 4 is 13.5 Å². The highest BCUT2D eigenvalue weighted by atomic mass is 31.2. The van der Waals surface area contributed by atoms with Gasteiger partial charge in [-0.15, -0.1) is 0 Å². The number of phosphoric acid groups is 1. The molecule has 2 N–H and O–H groups in total. The molecule has 1 aromatic carbocycles. The summed E-state index contributed by atoms with van der Waals surface area (Å²) in [4.78, 5) is 0. The van der Waals surface area contributed by atoms with E-state index >= 15 is 0 Å². The van der Waals surface area contributed by atoms with Gasteiger partial charge in [0.2, 0.25) is 0 Å². The van der Waals surface area contributed by atoms with Gasteiger partial charge in [-0.05, 0) is 44.4 Å². The van der Waals surface area contributed by atoms with E-state index in [0.717, 1.165) is 24.1 Å². The first-order valence-electron chi connectivity index (χ1n) is 6.47. The minimum Gasteiger partial charge on any atom is -0.399 e. The molecular weight excluding hydrogens is 265 g/mol. The van der Waals surface area contributed by atoms with Crippen LogP contribution in [-0.2, 0) is 24.6 Å². The Labute approximate surface area is 114 Å². The number of rotatable bonds is 9. The van der Waals surface area contributed by atoms with Crippen LogP contribution in [0.2, 0.25) is 0 Å². The van der Waals surface area contributed by atoms with Crippen molar-refractivity contribution in [2.24, 2.45) is 0 Å². The predicted molar refractivity (Wildman–Crippen MR) is 76.0 cm³/mol. The van der Waals surface area contributed by atoms with Gasteiger partial charge in [-0.3, -0.25) is 13.6 Å². The Balaban J connectivity index is 2.34. The number of hydrogen-bond acceptors (Lipinski definition) is 5. The second kappa shape index (κ2) is 8.33. The molecule has 0 saturated carbocycles. The number of nitrogen functional groups attached to an aromatic ring is 1. The highest BCUT2D eigenvalue weighted by molar-refractivity contribution is 7.48. The third kappa shape index (κ3) is 6.21. The van der Waals surface area contributed by atoms with Crippen LogP contribution in [0, 0.1) is 0 Å². The maximum Gasteiger partial charge on any atom is 0.474 e. The molecular formula is C13H22NO4P. The molecule has 1 aromatic rings. The third-order valence-corrected chi connectivity index (χ3v) is 4.03. The first-order valence-corrected chi connectivity index (χ1v) is 7.93. The standard InChI is InChI=1S/C13H22NO4P/c1-3-16-19(15,17-4-2)18-10-6-8-12-7-5-9-13(14)11-12/h5,7,9,11H,3-4,6,8,10,14H2,1-2H3. The van der Waals surface area contributed by atoms with Crippen LogP contribution in [-0.4, -0.2) is 19.8 Å². The first-order chi connectivity index (χ1) is 9.09. The summed E-state index contributed by atoms with van der Waals surface area (Å²) in [6, 6.07) is 7.68. The monoisotopic (exact) mass is 287 g/mol. The van der Waals surface area contributed by atoms with Crippen molar-refractivity contribution in [1.82, 2.24) is 0 Å². The lowest BCUT2D eigenvalue weighted by Gasteiger charge is -2.16. The van der Waals surface area contributed by atoms with Crippen molar-refractivity contribution in [2.75, 3.05) is 25.6 Å². The summed E-state index contributed by atoms with van der Waals surface area (Å²) in [5.41, 5.74) is 7.57. The molecule has 0 radical (unpaired) electrons. The van der Waals surface area contributed by atoms with Crippen LogP contribution in [0.1, 0.15) is 25.8 Å². The largest absolute Gasteiger partial charge is 0.474 e. The van der Waals surface area contributed by atoms with E-state index in [9.17, 15) is 4.57 Å². The molecule has 0 aliphatic heterocycles. The summed E-state index contributed by atoms with van der Waals surface area (Å²) >= 11 is 0. The number of hydrogen-bond donors (Lipinski definition) is 1. The molecule has 5 nitrogen and oxygen atoms in total. The van der Waals surface area contributed by atoms with E-state index in [-0.39, 0.29) is 0 Å². The van der Waals surface area contributed by atoms with Gasteiger partial charge in [0.25, 0.3) is 0 Å². The Hall–Kier alpha value is -0.870. The Bertz CT molecular complexity index is 415. The SMILES string of the molecule is CCOP(=O)(OCC)OCCCc1cccc(N)c1. The normalized spacial score (nSPS) is 11.7. The zero-order valence-corrected chi connectivity index (χ0v) is 12.4. The average molecular weight is 287 g/mol. The van der Waals surface area contributed by atoms with Crippen LogP contribution in [0.3, 0.4) is 0 Å². The Morgan fingerprint density at radius 1 is 1.16 bits per heavy atom. The lowest BCUT2D eigenvalue weighted by Crippen LogP contribution is -2.02. The number of benzene rings is 1. The fraction of sp³-hybridized carbons (Fsp3) is 0.538. The minimum absolute atomic E-state index is 0.298.